The van der Waals surface area contributed by atoms with Gasteiger partial charge in [-0.25, -0.2) is 0 Å². The van der Waals surface area contributed by atoms with Crippen LogP contribution in [0.15, 0.2) is 18.2 Å². The maximum Gasteiger partial charge on any atom is 0.202 e. The summed E-state index contributed by atoms with van der Waals surface area (Å²) in [6, 6.07) is 3.17. The molecule has 14 nitrogen and oxygen atoms in total. The molecule has 1 aliphatic heterocycles. The summed E-state index contributed by atoms with van der Waals surface area (Å²) in [5.74, 6) is -4.26. The van der Waals surface area contributed by atoms with Crippen molar-refractivity contribution in [3.63, 3.8) is 0 Å². The Kier molecular flexibility index (Phi) is 9.79. The van der Waals surface area contributed by atoms with Crippen LogP contribution in [-0.4, -0.2) is 103 Å². The molecular formula is C33H41NO13. The molecule has 3 aliphatic rings. The Balaban J connectivity index is 1.48. The van der Waals surface area contributed by atoms with Gasteiger partial charge in [0.05, 0.1) is 47.7 Å². The number of hydrogen-bond donors (Lipinski definition) is 7. The number of ketones is 3. The standard InChI is InChI=1S/C33H41NO13/c1-13(36)8-22(44-14(2)12-35)47-32-15(3)45-23(9-19(32)34)46-21-11-33(43,16(4)37)10-18-25(21)31(42)27-26(29(18)40)28(39)17-6-5-7-20(38)24(17)30(27)41/h5-7,13-15,19,21-23,32,35-36,38,40,42-43H,8-12,34H2,1-4H3/t13-,14+,15-,19-,21-,22?,23-,32+,33-/m0/s1. The fourth-order valence-electron chi connectivity index (χ4n) is 6.60. The summed E-state index contributed by atoms with van der Waals surface area (Å²) in [5.41, 5.74) is 2.60. The summed E-state index contributed by atoms with van der Waals surface area (Å²) in [6.07, 6.45) is -6.88. The topological polar surface area (TPSA) is 236 Å². The van der Waals surface area contributed by atoms with Gasteiger partial charge >= 0.3 is 0 Å². The zero-order chi connectivity index (χ0) is 34.5. The number of phenolic OH excluding ortho intramolecular Hbond substituents is 3. The molecule has 8 N–H and O–H groups in total. The van der Waals surface area contributed by atoms with Crippen molar-refractivity contribution in [1.29, 1.82) is 0 Å². The van der Waals surface area contributed by atoms with E-state index >= 15 is 0 Å². The minimum Gasteiger partial charge on any atom is -0.507 e. The first-order valence-electron chi connectivity index (χ1n) is 15.5. The smallest absolute Gasteiger partial charge is 0.202 e. The van der Waals surface area contributed by atoms with Gasteiger partial charge in [-0.15, -0.1) is 0 Å². The molecule has 14 heteroatoms. The van der Waals surface area contributed by atoms with Crippen LogP contribution in [0, 0.1) is 0 Å². The van der Waals surface area contributed by atoms with Gasteiger partial charge in [0.1, 0.15) is 29.0 Å². The first-order chi connectivity index (χ1) is 22.1. The Labute approximate surface area is 270 Å². The number of fused-ring (bicyclic) bond motifs is 3. The van der Waals surface area contributed by atoms with E-state index in [0.717, 1.165) is 6.92 Å². The average Bonchev–Trinajstić information content (AvgIpc) is 2.98. The molecular weight excluding hydrogens is 618 g/mol. The van der Waals surface area contributed by atoms with Crippen molar-refractivity contribution >= 4 is 17.3 Å². The van der Waals surface area contributed by atoms with Crippen LogP contribution in [0.1, 0.15) is 96.0 Å². The summed E-state index contributed by atoms with van der Waals surface area (Å²) < 4.78 is 24.1. The van der Waals surface area contributed by atoms with E-state index in [1.54, 1.807) is 20.8 Å². The maximum absolute atomic E-state index is 13.6. The Morgan fingerprint density at radius 3 is 2.40 bits per heavy atom. The predicted molar refractivity (Wildman–Crippen MR) is 162 cm³/mol. The van der Waals surface area contributed by atoms with Gasteiger partial charge in [0.25, 0.3) is 0 Å². The molecule has 2 aromatic rings. The van der Waals surface area contributed by atoms with Crippen molar-refractivity contribution in [3.05, 3.63) is 51.6 Å². The van der Waals surface area contributed by atoms with E-state index in [4.69, 9.17) is 24.7 Å². The number of nitrogens with two attached hydrogens (primary N) is 1. The van der Waals surface area contributed by atoms with Crippen LogP contribution < -0.4 is 5.73 Å². The summed E-state index contributed by atoms with van der Waals surface area (Å²) in [5, 5.41) is 64.2. The number of carbonyl (C=O) groups is 3. The van der Waals surface area contributed by atoms with E-state index < -0.39 is 113 Å². The Bertz CT molecular complexity index is 1560. The summed E-state index contributed by atoms with van der Waals surface area (Å²) in [7, 11) is 0. The molecule has 9 atom stereocenters. The number of aliphatic hydroxyl groups is 3. The van der Waals surface area contributed by atoms with E-state index in [-0.39, 0.29) is 41.7 Å². The molecule has 0 saturated carbocycles. The number of Topliss-reactive ketones (excluding diaryl/α,β-unsaturated/α-hetero) is 1. The molecule has 47 heavy (non-hydrogen) atoms. The highest BCUT2D eigenvalue weighted by Gasteiger charge is 2.49. The summed E-state index contributed by atoms with van der Waals surface area (Å²) in [6.45, 7) is 5.76. The molecule has 1 saturated heterocycles. The van der Waals surface area contributed by atoms with Gasteiger partial charge in [0.15, 0.2) is 24.1 Å². The van der Waals surface area contributed by atoms with E-state index in [1.807, 2.05) is 0 Å². The third-order valence-corrected chi connectivity index (χ3v) is 9.04. The van der Waals surface area contributed by atoms with Crippen LogP contribution in [0.4, 0.5) is 0 Å². The van der Waals surface area contributed by atoms with Crippen molar-refractivity contribution in [2.24, 2.45) is 5.73 Å². The third kappa shape index (κ3) is 6.39. The first kappa shape index (κ1) is 34.9. The molecule has 1 unspecified atom stereocenters. The molecule has 0 aromatic heterocycles. The van der Waals surface area contributed by atoms with Crippen molar-refractivity contribution in [2.45, 2.75) is 108 Å². The fourth-order valence-corrected chi connectivity index (χ4v) is 6.60. The molecule has 0 amide bonds. The van der Waals surface area contributed by atoms with Crippen LogP contribution in [-0.2, 0) is 30.2 Å². The molecule has 0 radical (unpaired) electrons. The first-order valence-corrected chi connectivity index (χ1v) is 15.5. The molecule has 1 heterocycles. The molecule has 2 aliphatic carbocycles. The number of benzene rings is 2. The average molecular weight is 660 g/mol. The minimum absolute atomic E-state index is 0.0205. The van der Waals surface area contributed by atoms with Crippen LogP contribution in [0.2, 0.25) is 0 Å². The van der Waals surface area contributed by atoms with Gasteiger partial charge in [-0.2, -0.15) is 0 Å². The van der Waals surface area contributed by atoms with E-state index in [9.17, 15) is 45.0 Å². The van der Waals surface area contributed by atoms with Crippen LogP contribution in [0.25, 0.3) is 0 Å². The van der Waals surface area contributed by atoms with Crippen LogP contribution >= 0.6 is 0 Å². The second-order valence-corrected chi connectivity index (χ2v) is 12.7. The quantitative estimate of drug-likeness (QED) is 0.120. The highest BCUT2D eigenvalue weighted by Crippen LogP contribution is 2.52. The zero-order valence-corrected chi connectivity index (χ0v) is 26.5. The minimum atomic E-state index is -2.07. The lowest BCUT2D eigenvalue weighted by Gasteiger charge is -2.43. The second kappa shape index (κ2) is 13.2. The fraction of sp³-hybridized carbons (Fsp3) is 0.545. The number of ether oxygens (including phenoxy) is 4. The number of carbonyl (C=O) groups excluding carboxylic acids is 3. The largest absolute Gasteiger partial charge is 0.507 e. The number of hydrogen-bond acceptors (Lipinski definition) is 14. The van der Waals surface area contributed by atoms with E-state index in [0.29, 0.717) is 0 Å². The van der Waals surface area contributed by atoms with Gasteiger partial charge in [-0.05, 0) is 33.8 Å². The third-order valence-electron chi connectivity index (χ3n) is 9.04. The lowest BCUT2D eigenvalue weighted by Crippen LogP contribution is -2.55. The zero-order valence-electron chi connectivity index (χ0n) is 26.5. The lowest BCUT2D eigenvalue weighted by atomic mass is 9.72. The monoisotopic (exact) mass is 659 g/mol. The molecule has 2 aromatic carbocycles. The second-order valence-electron chi connectivity index (χ2n) is 12.7. The number of rotatable bonds is 10. The summed E-state index contributed by atoms with van der Waals surface area (Å²) >= 11 is 0. The SMILES string of the molecule is CC(=O)[C@]1(O)Cc2c(O)c3c(c(O)c2[C@@H](O[C@H]2C[C@H](N)[C@H](OC(C[C@H](C)O)O[C@H](C)CO)[C@H](C)O2)C1)C(=O)c1c(O)cccc1C3=O. The molecule has 256 valence electrons. The van der Waals surface area contributed by atoms with Crippen molar-refractivity contribution in [2.75, 3.05) is 6.61 Å². The number of aliphatic hydroxyl groups excluding tert-OH is 2. The Morgan fingerprint density at radius 1 is 1.11 bits per heavy atom. The van der Waals surface area contributed by atoms with Gasteiger partial charge in [0, 0.05) is 48.4 Å². The normalized spacial score (nSPS) is 29.0. The Hall–Kier alpha value is -3.47. The Morgan fingerprint density at radius 2 is 1.79 bits per heavy atom. The maximum atomic E-state index is 13.6. The van der Waals surface area contributed by atoms with Crippen molar-refractivity contribution < 1.29 is 64.0 Å². The van der Waals surface area contributed by atoms with Gasteiger partial charge in [-0.3, -0.25) is 14.4 Å². The predicted octanol–water partition coefficient (Wildman–Crippen LogP) is 1.24. The molecule has 0 spiro atoms. The number of aromatic hydroxyl groups is 3. The highest BCUT2D eigenvalue weighted by atomic mass is 16.7. The summed E-state index contributed by atoms with van der Waals surface area (Å²) in [4.78, 5) is 39.8. The van der Waals surface area contributed by atoms with Gasteiger partial charge < -0.3 is 55.3 Å². The van der Waals surface area contributed by atoms with Crippen LogP contribution in [0.5, 0.6) is 17.2 Å². The van der Waals surface area contributed by atoms with Crippen molar-refractivity contribution in [3.8, 4) is 17.2 Å². The molecule has 0 bridgehead atoms. The lowest BCUT2D eigenvalue weighted by molar-refractivity contribution is -0.285. The van der Waals surface area contributed by atoms with E-state index in [1.165, 1.54) is 18.2 Å². The van der Waals surface area contributed by atoms with E-state index in [2.05, 4.69) is 0 Å². The number of phenols is 3. The highest BCUT2D eigenvalue weighted by molar-refractivity contribution is 6.31. The van der Waals surface area contributed by atoms with Crippen molar-refractivity contribution in [1.82, 2.24) is 0 Å². The van der Waals surface area contributed by atoms with Gasteiger partial charge in [-0.1, -0.05) is 12.1 Å². The van der Waals surface area contributed by atoms with Crippen LogP contribution in [0.3, 0.4) is 0 Å². The molecule has 5 rings (SSSR count). The molecule has 1 fully saturated rings. The van der Waals surface area contributed by atoms with Gasteiger partial charge in [0.2, 0.25) is 5.78 Å².